The van der Waals surface area contributed by atoms with Gasteiger partial charge < -0.3 is 4.98 Å². The largest absolute Gasteiger partial charge is 0.360 e. The number of amides is 1. The van der Waals surface area contributed by atoms with Crippen LogP contribution < -0.4 is 11.0 Å². The Hall–Kier alpha value is -4.52. The summed E-state index contributed by atoms with van der Waals surface area (Å²) >= 11 is 0. The number of carbonyl (C=O) groups excluding carboxylic acids is 1. The standard InChI is InChI=1S/C27H23N5O2/c1-2-19-11-8-14-21-20(15-28-24(19)21)16-29-30-26(33)25-22-12-6-7-13-23(22)27(34)32(31-25)17-18-9-4-3-5-10-18/h3-16,28H,2,17H2,1H3,(H,30,33). The molecule has 3 aromatic carbocycles. The molecule has 0 saturated carbocycles. The van der Waals surface area contributed by atoms with Crippen LogP contribution in [-0.2, 0) is 13.0 Å². The van der Waals surface area contributed by atoms with Crippen molar-refractivity contribution in [3.05, 3.63) is 112 Å². The van der Waals surface area contributed by atoms with E-state index in [0.29, 0.717) is 10.8 Å². The molecule has 0 radical (unpaired) electrons. The van der Waals surface area contributed by atoms with Crippen molar-refractivity contribution in [1.82, 2.24) is 20.2 Å². The molecule has 0 saturated heterocycles. The number of hydrogen-bond donors (Lipinski definition) is 2. The van der Waals surface area contributed by atoms with Crippen LogP contribution in [-0.4, -0.2) is 26.9 Å². The Morgan fingerprint density at radius 1 is 1.00 bits per heavy atom. The van der Waals surface area contributed by atoms with Crippen LogP contribution >= 0.6 is 0 Å². The number of nitrogens with zero attached hydrogens (tertiary/aromatic N) is 3. The van der Waals surface area contributed by atoms with Gasteiger partial charge in [-0.2, -0.15) is 10.2 Å². The Labute approximate surface area is 195 Å². The van der Waals surface area contributed by atoms with Gasteiger partial charge in [0.15, 0.2) is 5.69 Å². The summed E-state index contributed by atoms with van der Waals surface area (Å²) < 4.78 is 1.32. The van der Waals surface area contributed by atoms with Crippen molar-refractivity contribution in [3.63, 3.8) is 0 Å². The van der Waals surface area contributed by atoms with Gasteiger partial charge in [0.2, 0.25) is 0 Å². The summed E-state index contributed by atoms with van der Waals surface area (Å²) in [5.41, 5.74) is 6.55. The third kappa shape index (κ3) is 3.99. The van der Waals surface area contributed by atoms with Gasteiger partial charge in [0.1, 0.15) is 0 Å². The molecule has 0 spiro atoms. The molecule has 2 heterocycles. The van der Waals surface area contributed by atoms with Crippen LogP contribution in [0.25, 0.3) is 21.7 Å². The molecule has 2 aromatic heterocycles. The first kappa shape index (κ1) is 21.3. The molecule has 34 heavy (non-hydrogen) atoms. The number of hydrogen-bond acceptors (Lipinski definition) is 4. The maximum Gasteiger partial charge on any atom is 0.292 e. The first-order valence-electron chi connectivity index (χ1n) is 11.1. The topological polar surface area (TPSA) is 92.1 Å². The first-order chi connectivity index (χ1) is 16.7. The number of carbonyl (C=O) groups is 1. The predicted octanol–water partition coefficient (Wildman–Crippen LogP) is 4.25. The van der Waals surface area contributed by atoms with E-state index in [-0.39, 0.29) is 17.8 Å². The normalized spacial score (nSPS) is 11.4. The summed E-state index contributed by atoms with van der Waals surface area (Å²) in [7, 11) is 0. The van der Waals surface area contributed by atoms with Crippen molar-refractivity contribution < 1.29 is 4.79 Å². The molecule has 0 bridgehead atoms. The van der Waals surface area contributed by atoms with Crippen molar-refractivity contribution in [2.45, 2.75) is 19.9 Å². The van der Waals surface area contributed by atoms with Crippen LogP contribution in [0.1, 0.15) is 34.1 Å². The molecule has 0 unspecified atom stereocenters. The van der Waals surface area contributed by atoms with Crippen molar-refractivity contribution in [1.29, 1.82) is 0 Å². The number of fused-ring (bicyclic) bond motifs is 2. The zero-order valence-electron chi connectivity index (χ0n) is 18.7. The number of nitrogens with one attached hydrogen (secondary N) is 2. The molecular formula is C27H23N5O2. The molecule has 2 N–H and O–H groups in total. The lowest BCUT2D eigenvalue weighted by atomic mass is 10.1. The van der Waals surface area contributed by atoms with Gasteiger partial charge in [0.05, 0.1) is 18.1 Å². The van der Waals surface area contributed by atoms with E-state index >= 15 is 0 Å². The van der Waals surface area contributed by atoms with E-state index in [1.54, 1.807) is 30.5 Å². The zero-order chi connectivity index (χ0) is 23.5. The summed E-state index contributed by atoms with van der Waals surface area (Å²) in [6.45, 7) is 2.38. The minimum Gasteiger partial charge on any atom is -0.360 e. The van der Waals surface area contributed by atoms with E-state index in [1.165, 1.54) is 10.2 Å². The number of rotatable bonds is 6. The van der Waals surface area contributed by atoms with Gasteiger partial charge >= 0.3 is 0 Å². The quantitative estimate of drug-likeness (QED) is 0.300. The fourth-order valence-electron chi connectivity index (χ4n) is 4.12. The number of aromatic nitrogens is 3. The van der Waals surface area contributed by atoms with E-state index < -0.39 is 5.91 Å². The van der Waals surface area contributed by atoms with Gasteiger partial charge in [-0.25, -0.2) is 10.1 Å². The van der Waals surface area contributed by atoms with Crippen LogP contribution in [0.4, 0.5) is 0 Å². The fourth-order valence-corrected chi connectivity index (χ4v) is 4.12. The Morgan fingerprint density at radius 2 is 1.74 bits per heavy atom. The van der Waals surface area contributed by atoms with Gasteiger partial charge in [-0.3, -0.25) is 9.59 Å². The lowest BCUT2D eigenvalue weighted by molar-refractivity contribution is 0.0949. The summed E-state index contributed by atoms with van der Waals surface area (Å²) in [5, 5.41) is 10.5. The molecule has 5 rings (SSSR count). The highest BCUT2D eigenvalue weighted by Crippen LogP contribution is 2.21. The number of aryl methyl sites for hydroxylation is 1. The van der Waals surface area contributed by atoms with Gasteiger partial charge in [-0.15, -0.1) is 0 Å². The molecule has 5 aromatic rings. The predicted molar refractivity (Wildman–Crippen MR) is 134 cm³/mol. The summed E-state index contributed by atoms with van der Waals surface area (Å²) in [4.78, 5) is 29.3. The zero-order valence-corrected chi connectivity index (χ0v) is 18.7. The number of H-pyrrole nitrogens is 1. The summed E-state index contributed by atoms with van der Waals surface area (Å²) in [6, 6.07) is 22.6. The molecular weight excluding hydrogens is 426 g/mol. The molecule has 7 heteroatoms. The average Bonchev–Trinajstić information content (AvgIpc) is 3.29. The number of hydrazone groups is 1. The van der Waals surface area contributed by atoms with Gasteiger partial charge in [-0.05, 0) is 23.6 Å². The lowest BCUT2D eigenvalue weighted by Crippen LogP contribution is -2.29. The van der Waals surface area contributed by atoms with Crippen LogP contribution in [0.5, 0.6) is 0 Å². The number of para-hydroxylation sites is 1. The SMILES string of the molecule is CCc1cccc2c(C=NNC(=O)c3nn(Cc4ccccc4)c(=O)c4ccccc34)c[nH]c12. The van der Waals surface area contributed by atoms with Gasteiger partial charge in [-0.1, -0.05) is 73.7 Å². The van der Waals surface area contributed by atoms with E-state index in [2.05, 4.69) is 33.6 Å². The maximum atomic E-state index is 13.1. The number of benzene rings is 3. The van der Waals surface area contributed by atoms with Crippen LogP contribution in [0.15, 0.2) is 88.9 Å². The third-order valence-corrected chi connectivity index (χ3v) is 5.84. The van der Waals surface area contributed by atoms with Crippen molar-refractivity contribution in [2.24, 2.45) is 5.10 Å². The highest BCUT2D eigenvalue weighted by molar-refractivity contribution is 6.05. The highest BCUT2D eigenvalue weighted by Gasteiger charge is 2.16. The fraction of sp³-hybridized carbons (Fsp3) is 0.111. The second-order valence-electron chi connectivity index (χ2n) is 7.98. The molecule has 1 amide bonds. The van der Waals surface area contributed by atoms with Gasteiger partial charge in [0.25, 0.3) is 11.5 Å². The smallest absolute Gasteiger partial charge is 0.292 e. The maximum absolute atomic E-state index is 13.1. The molecule has 0 aliphatic carbocycles. The van der Waals surface area contributed by atoms with Gasteiger partial charge in [0, 0.05) is 28.0 Å². The molecule has 168 valence electrons. The molecule has 7 nitrogen and oxygen atoms in total. The summed E-state index contributed by atoms with van der Waals surface area (Å²) in [5.74, 6) is -0.483. The minimum absolute atomic E-state index is 0.149. The van der Waals surface area contributed by atoms with Crippen LogP contribution in [0.3, 0.4) is 0 Å². The number of aromatic amines is 1. The molecule has 0 fully saturated rings. The monoisotopic (exact) mass is 449 g/mol. The van der Waals surface area contributed by atoms with Crippen molar-refractivity contribution in [2.75, 3.05) is 0 Å². The lowest BCUT2D eigenvalue weighted by Gasteiger charge is -2.10. The second-order valence-corrected chi connectivity index (χ2v) is 7.98. The van der Waals surface area contributed by atoms with Crippen molar-refractivity contribution in [3.8, 4) is 0 Å². The molecule has 0 aliphatic rings. The Morgan fingerprint density at radius 3 is 2.53 bits per heavy atom. The van der Waals surface area contributed by atoms with E-state index in [9.17, 15) is 9.59 Å². The average molecular weight is 450 g/mol. The first-order valence-corrected chi connectivity index (χ1v) is 11.1. The summed E-state index contributed by atoms with van der Waals surface area (Å²) in [6.07, 6.45) is 4.40. The second kappa shape index (κ2) is 9.15. The van der Waals surface area contributed by atoms with E-state index in [4.69, 9.17) is 0 Å². The minimum atomic E-state index is -0.483. The third-order valence-electron chi connectivity index (χ3n) is 5.84. The Kier molecular flexibility index (Phi) is 5.74. The highest BCUT2D eigenvalue weighted by atomic mass is 16.2. The van der Waals surface area contributed by atoms with Crippen molar-refractivity contribution >= 4 is 33.8 Å². The molecule has 0 atom stereocenters. The van der Waals surface area contributed by atoms with Crippen LogP contribution in [0, 0.1) is 0 Å². The van der Waals surface area contributed by atoms with Crippen LogP contribution in [0.2, 0.25) is 0 Å². The Balaban J connectivity index is 1.46. The Bertz CT molecular complexity index is 1580. The van der Waals surface area contributed by atoms with E-state index in [0.717, 1.165) is 28.5 Å². The van der Waals surface area contributed by atoms with E-state index in [1.807, 2.05) is 48.7 Å². The molecule has 0 aliphatic heterocycles.